The van der Waals surface area contributed by atoms with Gasteiger partial charge in [-0.2, -0.15) is 10.4 Å². The molecule has 0 aromatic carbocycles. The number of nitrogens with two attached hydrogens (primary N) is 1. The van der Waals surface area contributed by atoms with Crippen LogP contribution in [0.15, 0.2) is 6.20 Å². The molecule has 76 valence electrons. The minimum atomic E-state index is -0.801. The zero-order valence-electron chi connectivity index (χ0n) is 8.29. The summed E-state index contributed by atoms with van der Waals surface area (Å²) >= 11 is 5.83. The summed E-state index contributed by atoms with van der Waals surface area (Å²) in [6.07, 6.45) is 2.15. The van der Waals surface area contributed by atoms with Crippen molar-refractivity contribution >= 4 is 11.6 Å². The van der Waals surface area contributed by atoms with Crippen LogP contribution in [-0.4, -0.2) is 15.3 Å². The van der Waals surface area contributed by atoms with Gasteiger partial charge in [0.2, 0.25) is 0 Å². The van der Waals surface area contributed by atoms with Crippen LogP contribution in [0, 0.1) is 18.3 Å². The smallest absolute Gasteiger partial charge is 0.103 e. The van der Waals surface area contributed by atoms with Crippen LogP contribution in [0.1, 0.15) is 19.0 Å². The fourth-order valence-electron chi connectivity index (χ4n) is 1.04. The Kier molecular flexibility index (Phi) is 3.14. The maximum absolute atomic E-state index is 8.72. The average Bonchev–Trinajstić information content (AvgIpc) is 2.45. The summed E-state index contributed by atoms with van der Waals surface area (Å²) in [5, 5.41) is 13.4. The van der Waals surface area contributed by atoms with Gasteiger partial charge in [-0.05, 0) is 20.3 Å². The van der Waals surface area contributed by atoms with E-state index in [4.69, 9.17) is 22.6 Å². The van der Waals surface area contributed by atoms with Crippen LogP contribution in [0.2, 0.25) is 5.02 Å². The van der Waals surface area contributed by atoms with Crippen LogP contribution in [0.5, 0.6) is 0 Å². The van der Waals surface area contributed by atoms with E-state index in [1.807, 2.05) is 13.0 Å². The lowest BCUT2D eigenvalue weighted by molar-refractivity contribution is 0.461. The van der Waals surface area contributed by atoms with Gasteiger partial charge in [-0.1, -0.05) is 11.6 Å². The summed E-state index contributed by atoms with van der Waals surface area (Å²) in [7, 11) is 0. The molecule has 1 unspecified atom stereocenters. The molecule has 14 heavy (non-hydrogen) atoms. The molecule has 1 aromatic rings. The Labute approximate surface area is 88.3 Å². The molecule has 0 bridgehead atoms. The molecule has 0 saturated heterocycles. The second-order valence-electron chi connectivity index (χ2n) is 3.58. The van der Waals surface area contributed by atoms with Gasteiger partial charge >= 0.3 is 0 Å². The van der Waals surface area contributed by atoms with Gasteiger partial charge in [-0.3, -0.25) is 4.68 Å². The van der Waals surface area contributed by atoms with Gasteiger partial charge in [-0.25, -0.2) is 0 Å². The predicted octanol–water partition coefficient (Wildman–Crippen LogP) is 1.48. The van der Waals surface area contributed by atoms with E-state index in [1.54, 1.807) is 17.8 Å². The van der Waals surface area contributed by atoms with E-state index in [0.29, 0.717) is 18.0 Å². The van der Waals surface area contributed by atoms with Gasteiger partial charge in [0.1, 0.15) is 5.54 Å². The van der Waals surface area contributed by atoms with Gasteiger partial charge in [0.25, 0.3) is 0 Å². The molecule has 1 atom stereocenters. The fourth-order valence-corrected chi connectivity index (χ4v) is 1.18. The zero-order valence-corrected chi connectivity index (χ0v) is 9.04. The van der Waals surface area contributed by atoms with Gasteiger partial charge in [0.15, 0.2) is 0 Å². The molecule has 0 saturated carbocycles. The zero-order chi connectivity index (χ0) is 10.8. The average molecular weight is 213 g/mol. The highest BCUT2D eigenvalue weighted by atomic mass is 35.5. The van der Waals surface area contributed by atoms with Crippen molar-refractivity contribution in [3.05, 3.63) is 16.9 Å². The summed E-state index contributed by atoms with van der Waals surface area (Å²) < 4.78 is 1.75. The Morgan fingerprint density at radius 2 is 2.43 bits per heavy atom. The molecule has 1 rings (SSSR count). The van der Waals surface area contributed by atoms with Gasteiger partial charge in [0.05, 0.1) is 23.0 Å². The normalized spacial score (nSPS) is 14.8. The van der Waals surface area contributed by atoms with E-state index in [1.165, 1.54) is 0 Å². The van der Waals surface area contributed by atoms with E-state index in [0.717, 1.165) is 5.69 Å². The van der Waals surface area contributed by atoms with Gasteiger partial charge in [0, 0.05) is 6.54 Å². The van der Waals surface area contributed by atoms with Crippen molar-refractivity contribution in [1.29, 1.82) is 5.26 Å². The number of aromatic nitrogens is 2. The van der Waals surface area contributed by atoms with Crippen molar-refractivity contribution in [3.63, 3.8) is 0 Å². The van der Waals surface area contributed by atoms with E-state index >= 15 is 0 Å². The number of hydrogen-bond acceptors (Lipinski definition) is 3. The number of rotatable bonds is 3. The molecule has 0 fully saturated rings. The minimum Gasteiger partial charge on any atom is -0.314 e. The molecule has 0 spiro atoms. The lowest BCUT2D eigenvalue weighted by atomic mass is 10.0. The maximum Gasteiger partial charge on any atom is 0.103 e. The lowest BCUT2D eigenvalue weighted by Crippen LogP contribution is -2.35. The molecule has 1 aromatic heterocycles. The first-order valence-corrected chi connectivity index (χ1v) is 4.72. The van der Waals surface area contributed by atoms with Crippen LogP contribution >= 0.6 is 11.6 Å². The lowest BCUT2D eigenvalue weighted by Gasteiger charge is -2.15. The molecule has 0 aliphatic heterocycles. The predicted molar refractivity (Wildman–Crippen MR) is 54.8 cm³/mol. The highest BCUT2D eigenvalue weighted by molar-refractivity contribution is 6.31. The minimum absolute atomic E-state index is 0.558. The highest BCUT2D eigenvalue weighted by Gasteiger charge is 2.17. The highest BCUT2D eigenvalue weighted by Crippen LogP contribution is 2.15. The molecular formula is C9H13ClN4. The third kappa shape index (κ3) is 2.47. The van der Waals surface area contributed by atoms with Crippen LogP contribution in [0.4, 0.5) is 0 Å². The Bertz CT molecular complexity index is 361. The quantitative estimate of drug-likeness (QED) is 0.825. The number of hydrogen-bond donors (Lipinski definition) is 1. The fraction of sp³-hybridized carbons (Fsp3) is 0.556. The van der Waals surface area contributed by atoms with Crippen molar-refractivity contribution in [3.8, 4) is 6.07 Å². The molecule has 2 N–H and O–H groups in total. The van der Waals surface area contributed by atoms with E-state index in [2.05, 4.69) is 5.10 Å². The molecule has 1 heterocycles. The van der Waals surface area contributed by atoms with E-state index in [-0.39, 0.29) is 0 Å². The molecule has 4 nitrogen and oxygen atoms in total. The van der Waals surface area contributed by atoms with Crippen molar-refractivity contribution in [1.82, 2.24) is 9.78 Å². The number of nitriles is 1. The maximum atomic E-state index is 8.72. The summed E-state index contributed by atoms with van der Waals surface area (Å²) in [4.78, 5) is 0. The van der Waals surface area contributed by atoms with Crippen LogP contribution in [-0.2, 0) is 6.54 Å². The number of halogens is 1. The van der Waals surface area contributed by atoms with E-state index in [9.17, 15) is 0 Å². The van der Waals surface area contributed by atoms with Crippen LogP contribution in [0.3, 0.4) is 0 Å². The van der Waals surface area contributed by atoms with Gasteiger partial charge in [-0.15, -0.1) is 0 Å². The first-order chi connectivity index (χ1) is 6.46. The molecule has 0 aliphatic rings. The topological polar surface area (TPSA) is 67.6 Å². The van der Waals surface area contributed by atoms with Crippen molar-refractivity contribution < 1.29 is 0 Å². The first-order valence-electron chi connectivity index (χ1n) is 4.34. The van der Waals surface area contributed by atoms with Crippen LogP contribution in [0.25, 0.3) is 0 Å². The third-order valence-corrected chi connectivity index (χ3v) is 2.51. The second-order valence-corrected chi connectivity index (χ2v) is 3.99. The van der Waals surface area contributed by atoms with E-state index < -0.39 is 5.54 Å². The van der Waals surface area contributed by atoms with Crippen LogP contribution < -0.4 is 5.73 Å². The molecule has 0 amide bonds. The third-order valence-electron chi connectivity index (χ3n) is 2.14. The van der Waals surface area contributed by atoms with Crippen molar-refractivity contribution in [2.75, 3.05) is 0 Å². The Morgan fingerprint density at radius 1 is 1.79 bits per heavy atom. The van der Waals surface area contributed by atoms with Crippen molar-refractivity contribution in [2.45, 2.75) is 32.4 Å². The molecule has 0 radical (unpaired) electrons. The molecule has 5 heteroatoms. The monoisotopic (exact) mass is 212 g/mol. The SMILES string of the molecule is Cc1c(Cl)cnn1CCC(C)(N)C#N. The van der Waals surface area contributed by atoms with Crippen molar-refractivity contribution in [2.24, 2.45) is 5.73 Å². The first kappa shape index (κ1) is 11.0. The second kappa shape index (κ2) is 3.99. The summed E-state index contributed by atoms with van der Waals surface area (Å²) in [5.74, 6) is 0. The summed E-state index contributed by atoms with van der Waals surface area (Å²) in [6.45, 7) is 4.20. The summed E-state index contributed by atoms with van der Waals surface area (Å²) in [6, 6.07) is 2.04. The van der Waals surface area contributed by atoms with Gasteiger partial charge < -0.3 is 5.73 Å². The molecular weight excluding hydrogens is 200 g/mol. The molecule has 0 aliphatic carbocycles. The number of aryl methyl sites for hydroxylation is 1. The Hall–Kier alpha value is -1.05. The largest absolute Gasteiger partial charge is 0.314 e. The standard InChI is InChI=1S/C9H13ClN4/c1-7-8(10)5-13-14(7)4-3-9(2,12)6-11/h5H,3-4,12H2,1-2H3. The number of nitrogens with zero attached hydrogens (tertiary/aromatic N) is 3. The Balaban J connectivity index is 2.64. The Morgan fingerprint density at radius 3 is 2.86 bits per heavy atom. The summed E-state index contributed by atoms with van der Waals surface area (Å²) in [5.41, 5.74) is 5.79.